The number of carbonyl (C=O) groups is 1. The molecule has 1 saturated heterocycles. The number of ether oxygens (including phenoxy) is 1. The molecule has 1 aromatic carbocycles. The Morgan fingerprint density at radius 3 is 2.46 bits per heavy atom. The lowest BCUT2D eigenvalue weighted by atomic mass is 10.0. The number of amides is 1. The van der Waals surface area contributed by atoms with Crippen LogP contribution in [-0.2, 0) is 0 Å². The summed E-state index contributed by atoms with van der Waals surface area (Å²) in [4.78, 5) is 16.9. The lowest BCUT2D eigenvalue weighted by Crippen LogP contribution is -2.47. The Bertz CT molecular complexity index is 546. The van der Waals surface area contributed by atoms with E-state index in [1.807, 2.05) is 0 Å². The van der Waals surface area contributed by atoms with Crippen molar-refractivity contribution in [2.24, 2.45) is 5.92 Å². The molecule has 6 heteroatoms. The molecule has 1 aliphatic heterocycles. The molecular formula is C18H26F2N2O2. The minimum absolute atomic E-state index is 0.0233. The van der Waals surface area contributed by atoms with E-state index in [-0.39, 0.29) is 29.2 Å². The van der Waals surface area contributed by atoms with Crippen LogP contribution in [0.1, 0.15) is 37.0 Å². The first-order valence-electron chi connectivity index (χ1n) is 8.43. The Hall–Kier alpha value is -1.69. The van der Waals surface area contributed by atoms with Gasteiger partial charge in [-0.25, -0.2) is 0 Å². The molecular weight excluding hydrogens is 314 g/mol. The van der Waals surface area contributed by atoms with Crippen molar-refractivity contribution in [2.45, 2.75) is 39.3 Å². The van der Waals surface area contributed by atoms with Gasteiger partial charge in [0.25, 0.3) is 5.91 Å². The van der Waals surface area contributed by atoms with Crippen LogP contribution < -0.4 is 4.74 Å². The molecule has 0 unspecified atom stereocenters. The van der Waals surface area contributed by atoms with Gasteiger partial charge in [0.15, 0.2) is 0 Å². The largest absolute Gasteiger partial charge is 0.434 e. The third-order valence-corrected chi connectivity index (χ3v) is 4.56. The minimum atomic E-state index is -2.95. The number of rotatable bonds is 7. The average Bonchev–Trinajstić information content (AvgIpc) is 3.04. The summed E-state index contributed by atoms with van der Waals surface area (Å²) in [6, 6.07) is 6.19. The van der Waals surface area contributed by atoms with Crippen LogP contribution >= 0.6 is 0 Å². The summed E-state index contributed by atoms with van der Waals surface area (Å²) < 4.78 is 29.6. The fourth-order valence-electron chi connectivity index (χ4n) is 3.19. The number of likely N-dealkylation sites (tertiary alicyclic amines) is 1. The second-order valence-corrected chi connectivity index (χ2v) is 6.61. The van der Waals surface area contributed by atoms with Crippen LogP contribution in [0.3, 0.4) is 0 Å². The van der Waals surface area contributed by atoms with Gasteiger partial charge < -0.3 is 14.5 Å². The molecule has 0 aromatic heterocycles. The minimum Gasteiger partial charge on any atom is -0.434 e. The highest BCUT2D eigenvalue weighted by atomic mass is 19.3. The van der Waals surface area contributed by atoms with Gasteiger partial charge in [-0.15, -0.1) is 0 Å². The SMILES string of the molecule is CC(C)[C@@H](CN1CCCC1)N(C)C(=O)c1ccccc1OC(F)F. The highest BCUT2D eigenvalue weighted by molar-refractivity contribution is 5.97. The lowest BCUT2D eigenvalue weighted by molar-refractivity contribution is -0.0503. The van der Waals surface area contributed by atoms with E-state index in [2.05, 4.69) is 23.5 Å². The molecule has 0 bridgehead atoms. The molecule has 1 amide bonds. The van der Waals surface area contributed by atoms with Gasteiger partial charge >= 0.3 is 6.61 Å². The first-order valence-corrected chi connectivity index (χ1v) is 8.43. The number of hydrogen-bond donors (Lipinski definition) is 0. The molecule has 2 rings (SSSR count). The fraction of sp³-hybridized carbons (Fsp3) is 0.611. The van der Waals surface area contributed by atoms with Crippen LogP contribution in [0.15, 0.2) is 24.3 Å². The Kier molecular flexibility index (Phi) is 6.54. The van der Waals surface area contributed by atoms with E-state index in [1.165, 1.54) is 25.0 Å². The monoisotopic (exact) mass is 340 g/mol. The maximum absolute atomic E-state index is 12.8. The van der Waals surface area contributed by atoms with E-state index in [0.717, 1.165) is 19.6 Å². The Labute approximate surface area is 142 Å². The zero-order valence-electron chi connectivity index (χ0n) is 14.5. The van der Waals surface area contributed by atoms with E-state index in [0.29, 0.717) is 0 Å². The number of para-hydroxylation sites is 1. The van der Waals surface area contributed by atoms with Crippen LogP contribution in [0.2, 0.25) is 0 Å². The summed E-state index contributed by atoms with van der Waals surface area (Å²) in [6.07, 6.45) is 2.38. The molecule has 24 heavy (non-hydrogen) atoms. The van der Waals surface area contributed by atoms with Crippen molar-refractivity contribution in [1.82, 2.24) is 9.80 Å². The second kappa shape index (κ2) is 8.42. The molecule has 1 atom stereocenters. The Morgan fingerprint density at radius 2 is 1.88 bits per heavy atom. The van der Waals surface area contributed by atoms with Gasteiger partial charge in [-0.05, 0) is 44.0 Å². The maximum Gasteiger partial charge on any atom is 0.387 e. The molecule has 0 saturated carbocycles. The number of halogens is 2. The van der Waals surface area contributed by atoms with Gasteiger partial charge in [0.2, 0.25) is 0 Å². The topological polar surface area (TPSA) is 32.8 Å². The number of benzene rings is 1. The maximum atomic E-state index is 12.8. The summed E-state index contributed by atoms with van der Waals surface area (Å²) in [6.45, 7) is 4.11. The molecule has 0 aliphatic carbocycles. The highest BCUT2D eigenvalue weighted by Crippen LogP contribution is 2.24. The van der Waals surface area contributed by atoms with E-state index >= 15 is 0 Å². The van der Waals surface area contributed by atoms with Crippen molar-refractivity contribution in [3.05, 3.63) is 29.8 Å². The summed E-state index contributed by atoms with van der Waals surface area (Å²) in [5.41, 5.74) is 0.173. The molecule has 0 spiro atoms. The number of nitrogens with zero attached hydrogens (tertiary/aromatic N) is 2. The number of hydrogen-bond acceptors (Lipinski definition) is 3. The molecule has 1 aliphatic rings. The lowest BCUT2D eigenvalue weighted by Gasteiger charge is -2.34. The molecule has 1 fully saturated rings. The van der Waals surface area contributed by atoms with Gasteiger partial charge in [-0.1, -0.05) is 26.0 Å². The first-order chi connectivity index (χ1) is 11.4. The van der Waals surface area contributed by atoms with E-state index < -0.39 is 6.61 Å². The van der Waals surface area contributed by atoms with Gasteiger partial charge in [-0.3, -0.25) is 4.79 Å². The zero-order chi connectivity index (χ0) is 17.7. The van der Waals surface area contributed by atoms with E-state index in [1.54, 1.807) is 24.1 Å². The van der Waals surface area contributed by atoms with Crippen molar-refractivity contribution < 1.29 is 18.3 Å². The van der Waals surface area contributed by atoms with Crippen LogP contribution in [0.5, 0.6) is 5.75 Å². The third-order valence-electron chi connectivity index (χ3n) is 4.56. The number of carbonyl (C=O) groups excluding carboxylic acids is 1. The van der Waals surface area contributed by atoms with Crippen LogP contribution in [-0.4, -0.2) is 55.0 Å². The van der Waals surface area contributed by atoms with Crippen molar-refractivity contribution in [3.63, 3.8) is 0 Å². The summed E-state index contributed by atoms with van der Waals surface area (Å²) in [5, 5.41) is 0. The molecule has 1 heterocycles. The van der Waals surface area contributed by atoms with Crippen LogP contribution in [0.4, 0.5) is 8.78 Å². The summed E-state index contributed by atoms with van der Waals surface area (Å²) >= 11 is 0. The van der Waals surface area contributed by atoms with Gasteiger partial charge in [0, 0.05) is 19.6 Å². The van der Waals surface area contributed by atoms with E-state index in [9.17, 15) is 13.6 Å². The average molecular weight is 340 g/mol. The Morgan fingerprint density at radius 1 is 1.25 bits per heavy atom. The third kappa shape index (κ3) is 4.66. The first kappa shape index (κ1) is 18.6. The van der Waals surface area contributed by atoms with E-state index in [4.69, 9.17) is 0 Å². The van der Waals surface area contributed by atoms with Gasteiger partial charge in [0.1, 0.15) is 5.75 Å². The smallest absolute Gasteiger partial charge is 0.387 e. The predicted molar refractivity (Wildman–Crippen MR) is 89.5 cm³/mol. The second-order valence-electron chi connectivity index (χ2n) is 6.61. The molecule has 134 valence electrons. The predicted octanol–water partition coefficient (Wildman–Crippen LogP) is 3.48. The summed E-state index contributed by atoms with van der Waals surface area (Å²) in [5.74, 6) is -0.0973. The molecule has 0 N–H and O–H groups in total. The van der Waals surface area contributed by atoms with Crippen LogP contribution in [0.25, 0.3) is 0 Å². The van der Waals surface area contributed by atoms with Crippen molar-refractivity contribution in [3.8, 4) is 5.75 Å². The highest BCUT2D eigenvalue weighted by Gasteiger charge is 2.28. The molecule has 0 radical (unpaired) electrons. The number of alkyl halides is 2. The number of likely N-dealkylation sites (N-methyl/N-ethyl adjacent to an activating group) is 1. The van der Waals surface area contributed by atoms with Crippen molar-refractivity contribution in [1.29, 1.82) is 0 Å². The normalized spacial score (nSPS) is 16.6. The van der Waals surface area contributed by atoms with Crippen molar-refractivity contribution in [2.75, 3.05) is 26.7 Å². The van der Waals surface area contributed by atoms with Crippen molar-refractivity contribution >= 4 is 5.91 Å². The van der Waals surface area contributed by atoms with Gasteiger partial charge in [-0.2, -0.15) is 8.78 Å². The zero-order valence-corrected chi connectivity index (χ0v) is 14.5. The Balaban J connectivity index is 2.16. The van der Waals surface area contributed by atoms with Crippen LogP contribution in [0, 0.1) is 5.92 Å². The standard InChI is InChI=1S/C18H26F2N2O2/c1-13(2)15(12-22-10-6-7-11-22)21(3)17(23)14-8-4-5-9-16(14)24-18(19)20/h4-5,8-9,13,15,18H,6-7,10-12H2,1-3H3/t15-/m1/s1. The fourth-order valence-corrected chi connectivity index (χ4v) is 3.19. The molecule has 1 aromatic rings. The van der Waals surface area contributed by atoms with Gasteiger partial charge in [0.05, 0.1) is 5.56 Å². The summed E-state index contributed by atoms with van der Waals surface area (Å²) in [7, 11) is 1.74. The molecule has 4 nitrogen and oxygen atoms in total. The quantitative estimate of drug-likeness (QED) is 0.762.